The Labute approximate surface area is 193 Å². The largest absolute Gasteiger partial charge is 0.340 e. The molecule has 4 rings (SSSR count). The van der Waals surface area contributed by atoms with E-state index in [1.165, 1.54) is 38.1 Å². The number of hydrogen-bond acceptors (Lipinski definition) is 4. The SMILES string of the molecule is CCC(=O)C1(NC(=O)C(=O)c2c(C)c(C(=O)Nc3ccc(F)cc3)n3c2CCC3)CC(F)(F)C1. The van der Waals surface area contributed by atoms with Gasteiger partial charge in [-0.15, -0.1) is 0 Å². The van der Waals surface area contributed by atoms with Gasteiger partial charge >= 0.3 is 0 Å². The van der Waals surface area contributed by atoms with Crippen LogP contribution in [0.3, 0.4) is 0 Å². The van der Waals surface area contributed by atoms with Gasteiger partial charge in [-0.1, -0.05) is 6.92 Å². The molecule has 2 N–H and O–H groups in total. The van der Waals surface area contributed by atoms with Crippen molar-refractivity contribution < 1.29 is 32.3 Å². The lowest BCUT2D eigenvalue weighted by atomic mass is 9.69. The Hall–Kier alpha value is -3.43. The van der Waals surface area contributed by atoms with Crippen molar-refractivity contribution in [3.63, 3.8) is 0 Å². The molecule has 34 heavy (non-hydrogen) atoms. The lowest BCUT2D eigenvalue weighted by molar-refractivity contribution is -0.163. The van der Waals surface area contributed by atoms with E-state index in [4.69, 9.17) is 0 Å². The molecular weight excluding hydrogens is 451 g/mol. The molecule has 1 fully saturated rings. The van der Waals surface area contributed by atoms with Gasteiger partial charge in [0.2, 0.25) is 0 Å². The number of halogens is 3. The lowest BCUT2D eigenvalue weighted by Crippen LogP contribution is -2.67. The van der Waals surface area contributed by atoms with Crippen LogP contribution in [0.1, 0.15) is 64.7 Å². The highest BCUT2D eigenvalue weighted by Gasteiger charge is 2.61. The predicted octanol–water partition coefficient (Wildman–Crippen LogP) is 3.58. The van der Waals surface area contributed by atoms with E-state index >= 15 is 0 Å². The standard InChI is InChI=1S/C24H24F3N3O4/c1-3-17(31)23(11-24(26,27)12-23)29-22(34)20(32)18-13(2)19(30-10-4-5-16(18)30)21(33)28-15-8-6-14(25)7-9-15/h6-9H,3-5,10-12H2,1-2H3,(H,28,33)(H,29,34). The minimum absolute atomic E-state index is 0.0458. The molecule has 1 aromatic carbocycles. The summed E-state index contributed by atoms with van der Waals surface area (Å²) in [5.74, 6) is -6.74. The summed E-state index contributed by atoms with van der Waals surface area (Å²) in [7, 11) is 0. The number of benzene rings is 1. The zero-order valence-electron chi connectivity index (χ0n) is 18.8. The Morgan fingerprint density at radius 3 is 2.32 bits per heavy atom. The monoisotopic (exact) mass is 475 g/mol. The summed E-state index contributed by atoms with van der Waals surface area (Å²) in [5.41, 5.74) is -0.367. The number of nitrogens with one attached hydrogen (secondary N) is 2. The third kappa shape index (κ3) is 4.01. The van der Waals surface area contributed by atoms with Crippen molar-refractivity contribution in [1.82, 2.24) is 9.88 Å². The fourth-order valence-electron chi connectivity index (χ4n) is 4.95. The number of hydrogen-bond donors (Lipinski definition) is 2. The maximum absolute atomic E-state index is 13.6. The highest BCUT2D eigenvalue weighted by Crippen LogP contribution is 2.46. The summed E-state index contributed by atoms with van der Waals surface area (Å²) < 4.78 is 42.0. The van der Waals surface area contributed by atoms with Gasteiger partial charge in [0.15, 0.2) is 5.78 Å². The van der Waals surface area contributed by atoms with Crippen molar-refractivity contribution in [2.24, 2.45) is 0 Å². The Kier molecular flexibility index (Phi) is 5.87. The predicted molar refractivity (Wildman–Crippen MR) is 117 cm³/mol. The molecule has 10 heteroatoms. The van der Waals surface area contributed by atoms with Gasteiger partial charge in [-0.05, 0) is 49.6 Å². The maximum atomic E-state index is 13.6. The molecule has 0 atom stereocenters. The molecule has 0 radical (unpaired) electrons. The van der Waals surface area contributed by atoms with Crippen molar-refractivity contribution in [3.8, 4) is 0 Å². The van der Waals surface area contributed by atoms with Crippen molar-refractivity contribution in [3.05, 3.63) is 52.6 Å². The second-order valence-corrected chi connectivity index (χ2v) is 8.86. The Balaban J connectivity index is 1.61. The van der Waals surface area contributed by atoms with Crippen LogP contribution in [0, 0.1) is 12.7 Å². The van der Waals surface area contributed by atoms with Crippen molar-refractivity contribution in [1.29, 1.82) is 0 Å². The molecule has 1 aromatic heterocycles. The van der Waals surface area contributed by atoms with Crippen LogP contribution in [0.4, 0.5) is 18.9 Å². The van der Waals surface area contributed by atoms with Crippen molar-refractivity contribution in [2.75, 3.05) is 5.32 Å². The summed E-state index contributed by atoms with van der Waals surface area (Å²) in [6.45, 7) is 3.50. The molecule has 0 spiro atoms. The molecule has 2 amide bonds. The van der Waals surface area contributed by atoms with Crippen LogP contribution in [0.25, 0.3) is 0 Å². The molecule has 0 unspecified atom stereocenters. The van der Waals surface area contributed by atoms with Crippen LogP contribution in [-0.4, -0.2) is 39.4 Å². The van der Waals surface area contributed by atoms with E-state index in [1.54, 1.807) is 4.57 Å². The summed E-state index contributed by atoms with van der Waals surface area (Å²) in [4.78, 5) is 51.3. The Bertz CT molecular complexity index is 1190. The van der Waals surface area contributed by atoms with E-state index in [-0.39, 0.29) is 23.2 Å². The molecule has 1 aliphatic heterocycles. The Morgan fingerprint density at radius 2 is 1.74 bits per heavy atom. The second kappa shape index (κ2) is 8.41. The van der Waals surface area contributed by atoms with Crippen molar-refractivity contribution in [2.45, 2.75) is 64.0 Å². The number of carbonyl (C=O) groups excluding carboxylic acids is 4. The number of ketones is 2. The normalized spacial score (nSPS) is 17.4. The first-order chi connectivity index (χ1) is 16.0. The molecular formula is C24H24F3N3O4. The summed E-state index contributed by atoms with van der Waals surface area (Å²) >= 11 is 0. The highest BCUT2D eigenvalue weighted by atomic mass is 19.3. The topological polar surface area (TPSA) is 97.3 Å². The number of alkyl halides is 2. The van der Waals surface area contributed by atoms with Gasteiger partial charge < -0.3 is 15.2 Å². The average molecular weight is 475 g/mol. The molecule has 2 aromatic rings. The minimum atomic E-state index is -3.08. The first kappa shape index (κ1) is 23.7. The quantitative estimate of drug-likeness (QED) is 0.473. The van der Waals surface area contributed by atoms with Gasteiger partial charge in [0.25, 0.3) is 23.5 Å². The molecule has 2 heterocycles. The number of rotatable bonds is 7. The number of nitrogens with zero attached hydrogens (tertiary/aromatic N) is 1. The van der Waals surface area contributed by atoms with E-state index < -0.39 is 53.5 Å². The van der Waals surface area contributed by atoms with Gasteiger partial charge in [-0.2, -0.15) is 0 Å². The van der Waals surface area contributed by atoms with Gasteiger partial charge in [-0.25, -0.2) is 13.2 Å². The molecule has 0 saturated heterocycles. The van der Waals surface area contributed by atoms with Crippen molar-refractivity contribution >= 4 is 29.1 Å². The average Bonchev–Trinajstić information content (AvgIpc) is 3.32. The number of anilines is 1. The smallest absolute Gasteiger partial charge is 0.293 e. The third-order valence-electron chi connectivity index (χ3n) is 6.49. The van der Waals surface area contributed by atoms with Gasteiger partial charge in [0.05, 0.1) is 5.56 Å². The summed E-state index contributed by atoms with van der Waals surface area (Å²) in [5, 5.41) is 4.93. The van der Waals surface area contributed by atoms with E-state index in [0.717, 1.165) is 0 Å². The lowest BCUT2D eigenvalue weighted by Gasteiger charge is -2.46. The number of carbonyl (C=O) groups is 4. The molecule has 1 aliphatic carbocycles. The highest BCUT2D eigenvalue weighted by molar-refractivity contribution is 6.44. The van der Waals surface area contributed by atoms with Crippen LogP contribution in [0.5, 0.6) is 0 Å². The zero-order chi connectivity index (χ0) is 24.8. The number of fused-ring (bicyclic) bond motifs is 1. The van der Waals surface area contributed by atoms with Crippen LogP contribution >= 0.6 is 0 Å². The molecule has 1 saturated carbocycles. The zero-order valence-corrected chi connectivity index (χ0v) is 18.8. The molecule has 7 nitrogen and oxygen atoms in total. The summed E-state index contributed by atoms with van der Waals surface area (Å²) in [6.07, 6.45) is -0.637. The molecule has 180 valence electrons. The summed E-state index contributed by atoms with van der Waals surface area (Å²) in [6, 6.07) is 5.19. The third-order valence-corrected chi connectivity index (χ3v) is 6.49. The minimum Gasteiger partial charge on any atom is -0.340 e. The first-order valence-corrected chi connectivity index (χ1v) is 11.0. The van der Waals surface area contributed by atoms with Crippen LogP contribution < -0.4 is 10.6 Å². The fourth-order valence-corrected chi connectivity index (χ4v) is 4.95. The van der Waals surface area contributed by atoms with Gasteiger partial charge in [0.1, 0.15) is 17.1 Å². The molecule has 0 bridgehead atoms. The van der Waals surface area contributed by atoms with E-state index in [1.807, 2.05) is 0 Å². The first-order valence-electron chi connectivity index (χ1n) is 11.0. The van der Waals surface area contributed by atoms with E-state index in [9.17, 15) is 32.3 Å². The second-order valence-electron chi connectivity index (χ2n) is 8.86. The van der Waals surface area contributed by atoms with Gasteiger partial charge in [0, 0.05) is 37.2 Å². The number of aromatic nitrogens is 1. The fraction of sp³-hybridized carbons (Fsp3) is 0.417. The van der Waals surface area contributed by atoms with Crippen LogP contribution in [-0.2, 0) is 22.6 Å². The van der Waals surface area contributed by atoms with Crippen LogP contribution in [0.2, 0.25) is 0 Å². The Morgan fingerprint density at radius 1 is 1.09 bits per heavy atom. The maximum Gasteiger partial charge on any atom is 0.293 e. The molecule has 2 aliphatic rings. The number of Topliss-reactive ketones (excluding diaryl/α,β-unsaturated/α-hetero) is 2. The number of amides is 2. The van der Waals surface area contributed by atoms with E-state index in [2.05, 4.69) is 10.6 Å². The van der Waals surface area contributed by atoms with Gasteiger partial charge in [-0.3, -0.25) is 19.2 Å². The van der Waals surface area contributed by atoms with Crippen LogP contribution in [0.15, 0.2) is 24.3 Å². The van der Waals surface area contributed by atoms with E-state index in [0.29, 0.717) is 30.8 Å².